The van der Waals surface area contributed by atoms with Gasteiger partial charge in [0.1, 0.15) is 0 Å². The summed E-state index contributed by atoms with van der Waals surface area (Å²) in [6.07, 6.45) is 7.13. The Morgan fingerprint density at radius 2 is 2.06 bits per heavy atom. The van der Waals surface area contributed by atoms with E-state index in [1.165, 1.54) is 36.3 Å². The van der Waals surface area contributed by atoms with Gasteiger partial charge < -0.3 is 10.4 Å². The summed E-state index contributed by atoms with van der Waals surface area (Å²) in [5.74, 6) is 1.12. The number of hydrogen-bond acceptors (Lipinski definition) is 3. The lowest BCUT2D eigenvalue weighted by Crippen LogP contribution is -2.28. The monoisotopic (exact) mass is 265 g/mol. The van der Waals surface area contributed by atoms with E-state index in [4.69, 9.17) is 0 Å². The van der Waals surface area contributed by atoms with E-state index in [1.54, 1.807) is 11.8 Å². The van der Waals surface area contributed by atoms with Crippen LogP contribution in [0.1, 0.15) is 25.7 Å². The van der Waals surface area contributed by atoms with Crippen molar-refractivity contribution in [3.63, 3.8) is 0 Å². The summed E-state index contributed by atoms with van der Waals surface area (Å²) < 4.78 is 0. The molecule has 0 bridgehead atoms. The fraction of sp³-hybridized carbons (Fsp3) is 0.600. The third-order valence-electron chi connectivity index (χ3n) is 3.94. The van der Waals surface area contributed by atoms with E-state index in [-0.39, 0.29) is 0 Å². The maximum atomic E-state index is 9.41. The zero-order valence-corrected chi connectivity index (χ0v) is 11.9. The van der Waals surface area contributed by atoms with Gasteiger partial charge in [-0.1, -0.05) is 18.9 Å². The van der Waals surface area contributed by atoms with Crippen LogP contribution >= 0.6 is 11.8 Å². The van der Waals surface area contributed by atoms with Crippen LogP contribution in [0.3, 0.4) is 0 Å². The predicted octanol–water partition coefficient (Wildman–Crippen LogP) is 3.62. The van der Waals surface area contributed by atoms with Crippen molar-refractivity contribution in [1.82, 2.24) is 0 Å². The van der Waals surface area contributed by atoms with Crippen molar-refractivity contribution in [3.8, 4) is 0 Å². The van der Waals surface area contributed by atoms with E-state index in [0.717, 1.165) is 6.54 Å². The largest absolute Gasteiger partial charge is 0.396 e. The van der Waals surface area contributed by atoms with Gasteiger partial charge in [0.25, 0.3) is 0 Å². The summed E-state index contributed by atoms with van der Waals surface area (Å²) in [4.78, 5) is 1.29. The highest BCUT2D eigenvalue weighted by Crippen LogP contribution is 2.30. The summed E-state index contributed by atoms with van der Waals surface area (Å²) in [6.45, 7) is 1.33. The summed E-state index contributed by atoms with van der Waals surface area (Å²) >= 11 is 1.77. The number of nitrogens with one attached hydrogen (secondary N) is 1. The van der Waals surface area contributed by atoms with Gasteiger partial charge in [0, 0.05) is 23.7 Å². The van der Waals surface area contributed by atoms with Gasteiger partial charge in [-0.3, -0.25) is 0 Å². The molecule has 1 aliphatic carbocycles. The van der Waals surface area contributed by atoms with E-state index in [9.17, 15) is 5.11 Å². The van der Waals surface area contributed by atoms with Crippen LogP contribution in [0, 0.1) is 11.8 Å². The zero-order chi connectivity index (χ0) is 12.8. The van der Waals surface area contributed by atoms with Gasteiger partial charge >= 0.3 is 0 Å². The summed E-state index contributed by atoms with van der Waals surface area (Å²) in [5.41, 5.74) is 1.20. The molecule has 1 aromatic rings. The molecule has 1 aromatic carbocycles. The Morgan fingerprint density at radius 1 is 1.28 bits per heavy atom. The number of hydrogen-bond donors (Lipinski definition) is 2. The maximum absolute atomic E-state index is 9.41. The van der Waals surface area contributed by atoms with Crippen LogP contribution in [-0.4, -0.2) is 24.5 Å². The number of benzene rings is 1. The number of rotatable bonds is 5. The topological polar surface area (TPSA) is 32.3 Å². The van der Waals surface area contributed by atoms with Crippen molar-refractivity contribution in [2.75, 3.05) is 24.7 Å². The molecule has 2 unspecified atom stereocenters. The molecule has 0 saturated heterocycles. The normalized spacial score (nSPS) is 23.9. The molecule has 3 heteroatoms. The van der Waals surface area contributed by atoms with Crippen LogP contribution in [0.15, 0.2) is 29.2 Å². The van der Waals surface area contributed by atoms with E-state index in [0.29, 0.717) is 18.4 Å². The predicted molar refractivity (Wildman–Crippen MR) is 79.2 cm³/mol. The van der Waals surface area contributed by atoms with E-state index < -0.39 is 0 Å². The lowest BCUT2D eigenvalue weighted by Gasteiger charge is -2.30. The van der Waals surface area contributed by atoms with Crippen LogP contribution in [0.5, 0.6) is 0 Å². The Hall–Kier alpha value is -0.670. The van der Waals surface area contributed by atoms with Crippen molar-refractivity contribution >= 4 is 17.4 Å². The molecule has 2 nitrogen and oxygen atoms in total. The van der Waals surface area contributed by atoms with Crippen LogP contribution in [0.25, 0.3) is 0 Å². The minimum atomic E-state index is 0.344. The molecule has 0 heterocycles. The van der Waals surface area contributed by atoms with Crippen molar-refractivity contribution in [2.24, 2.45) is 11.8 Å². The summed E-state index contributed by atoms with van der Waals surface area (Å²) in [6, 6.07) is 8.55. The van der Waals surface area contributed by atoms with E-state index >= 15 is 0 Å². The van der Waals surface area contributed by atoms with Gasteiger partial charge in [-0.05, 0) is 49.1 Å². The van der Waals surface area contributed by atoms with Gasteiger partial charge in [0.2, 0.25) is 0 Å². The Balaban J connectivity index is 1.89. The number of aliphatic hydroxyl groups is 1. The Labute approximate surface area is 114 Å². The van der Waals surface area contributed by atoms with Crippen molar-refractivity contribution in [3.05, 3.63) is 24.3 Å². The molecule has 1 saturated carbocycles. The quantitative estimate of drug-likeness (QED) is 0.798. The maximum Gasteiger partial charge on any atom is 0.0462 e. The molecule has 2 N–H and O–H groups in total. The van der Waals surface area contributed by atoms with Gasteiger partial charge in [0.15, 0.2) is 0 Å². The smallest absolute Gasteiger partial charge is 0.0462 e. The van der Waals surface area contributed by atoms with Crippen LogP contribution in [0.2, 0.25) is 0 Å². The highest BCUT2D eigenvalue weighted by Gasteiger charge is 2.23. The molecule has 2 atom stereocenters. The third kappa shape index (κ3) is 3.66. The van der Waals surface area contributed by atoms with Gasteiger partial charge in [-0.15, -0.1) is 11.8 Å². The standard InChI is InChI=1S/C15H23NOS/c1-18-15-8-4-7-14(9-15)16-10-12-5-2-3-6-13(12)11-17/h4,7-9,12-13,16-17H,2-3,5-6,10-11H2,1H3. The minimum Gasteiger partial charge on any atom is -0.396 e. The second-order valence-corrected chi connectivity index (χ2v) is 5.98. The van der Waals surface area contributed by atoms with E-state index in [1.807, 2.05) is 0 Å². The Morgan fingerprint density at radius 3 is 2.78 bits per heavy atom. The van der Waals surface area contributed by atoms with Crippen molar-refractivity contribution < 1.29 is 5.11 Å². The fourth-order valence-electron chi connectivity index (χ4n) is 2.78. The first-order chi connectivity index (χ1) is 8.83. The molecule has 1 aliphatic rings. The van der Waals surface area contributed by atoms with Crippen LogP contribution in [-0.2, 0) is 0 Å². The molecule has 0 radical (unpaired) electrons. The fourth-order valence-corrected chi connectivity index (χ4v) is 3.23. The summed E-state index contributed by atoms with van der Waals surface area (Å²) in [7, 11) is 0. The molecule has 0 spiro atoms. The van der Waals surface area contributed by atoms with Crippen molar-refractivity contribution in [1.29, 1.82) is 0 Å². The zero-order valence-electron chi connectivity index (χ0n) is 11.1. The Bertz CT molecular complexity index is 369. The van der Waals surface area contributed by atoms with E-state index in [2.05, 4.69) is 35.8 Å². The van der Waals surface area contributed by atoms with Gasteiger partial charge in [-0.2, -0.15) is 0 Å². The van der Waals surface area contributed by atoms with Crippen LogP contribution < -0.4 is 5.32 Å². The molecule has 18 heavy (non-hydrogen) atoms. The highest BCUT2D eigenvalue weighted by molar-refractivity contribution is 7.98. The second kappa shape index (κ2) is 7.05. The first-order valence-electron chi connectivity index (χ1n) is 6.82. The van der Waals surface area contributed by atoms with Crippen LogP contribution in [0.4, 0.5) is 5.69 Å². The first kappa shape index (κ1) is 13.8. The molecular weight excluding hydrogens is 242 g/mol. The average Bonchev–Trinajstić information content (AvgIpc) is 2.45. The molecule has 0 aromatic heterocycles. The van der Waals surface area contributed by atoms with Gasteiger partial charge in [-0.25, -0.2) is 0 Å². The SMILES string of the molecule is CSc1cccc(NCC2CCCCC2CO)c1. The highest BCUT2D eigenvalue weighted by atomic mass is 32.2. The lowest BCUT2D eigenvalue weighted by molar-refractivity contribution is 0.141. The number of anilines is 1. The first-order valence-corrected chi connectivity index (χ1v) is 8.04. The molecule has 0 amide bonds. The Kier molecular flexibility index (Phi) is 5.39. The molecular formula is C15H23NOS. The molecule has 0 aliphatic heterocycles. The minimum absolute atomic E-state index is 0.344. The lowest BCUT2D eigenvalue weighted by atomic mass is 9.79. The molecule has 100 valence electrons. The molecule has 1 fully saturated rings. The van der Waals surface area contributed by atoms with Crippen molar-refractivity contribution in [2.45, 2.75) is 30.6 Å². The summed E-state index contributed by atoms with van der Waals surface area (Å²) in [5, 5.41) is 12.9. The average molecular weight is 265 g/mol. The van der Waals surface area contributed by atoms with Gasteiger partial charge in [0.05, 0.1) is 0 Å². The number of aliphatic hydroxyl groups excluding tert-OH is 1. The number of thioether (sulfide) groups is 1. The molecule has 2 rings (SSSR count). The third-order valence-corrected chi connectivity index (χ3v) is 4.66. The second-order valence-electron chi connectivity index (χ2n) is 5.10.